The van der Waals surface area contributed by atoms with Gasteiger partial charge in [0, 0.05) is 35.2 Å². The van der Waals surface area contributed by atoms with Gasteiger partial charge in [-0.25, -0.2) is 4.79 Å². The number of aliphatic carboxylic acids is 1. The molecule has 4 N–H and O–H groups in total. The number of β-lactam (4-membered cyclic amide) rings is 1. The maximum atomic E-state index is 12.5. The number of nitrogens with zero attached hydrogens (tertiary/aromatic N) is 1. The van der Waals surface area contributed by atoms with E-state index in [1.54, 1.807) is 18.7 Å². The molecule has 3 aliphatic heterocycles. The molecule has 8 heteroatoms. The average Bonchev–Trinajstić information content (AvgIpc) is 3.25. The first-order valence-electron chi connectivity index (χ1n) is 10.5. The summed E-state index contributed by atoms with van der Waals surface area (Å²) < 4.78 is 0. The molecular weight excluding hydrogens is 402 g/mol. The number of carbonyl (C=O) groups excluding carboxylic acids is 1. The van der Waals surface area contributed by atoms with Crippen molar-refractivity contribution < 1.29 is 19.8 Å². The first-order valence-corrected chi connectivity index (χ1v) is 11.3. The summed E-state index contributed by atoms with van der Waals surface area (Å²) in [6, 6.07) is 8.54. The van der Waals surface area contributed by atoms with Gasteiger partial charge in [0.25, 0.3) is 0 Å². The van der Waals surface area contributed by atoms with E-state index in [0.29, 0.717) is 0 Å². The van der Waals surface area contributed by atoms with Gasteiger partial charge in [-0.15, -0.1) is 11.8 Å². The second-order valence-electron chi connectivity index (χ2n) is 8.48. The second kappa shape index (κ2) is 8.34. The Labute approximate surface area is 180 Å². The van der Waals surface area contributed by atoms with Crippen LogP contribution in [0.15, 0.2) is 34.9 Å². The molecule has 30 heavy (non-hydrogen) atoms. The van der Waals surface area contributed by atoms with Crippen LogP contribution in [0.25, 0.3) is 0 Å². The number of carbonyl (C=O) groups is 2. The van der Waals surface area contributed by atoms with Crippen LogP contribution >= 0.6 is 11.8 Å². The van der Waals surface area contributed by atoms with Crippen molar-refractivity contribution in [2.24, 2.45) is 11.8 Å². The molecule has 1 amide bonds. The molecular formula is C22H29N3O4S. The third-order valence-corrected chi connectivity index (χ3v) is 7.97. The number of nitrogens with one attached hydrogen (secondary N) is 2. The van der Waals surface area contributed by atoms with Crippen LogP contribution in [0.1, 0.15) is 37.4 Å². The van der Waals surface area contributed by atoms with Gasteiger partial charge in [-0.2, -0.15) is 0 Å². The molecule has 0 bridgehead atoms. The van der Waals surface area contributed by atoms with Crippen molar-refractivity contribution in [3.05, 3.63) is 46.0 Å². The fourth-order valence-corrected chi connectivity index (χ4v) is 6.46. The van der Waals surface area contributed by atoms with Crippen molar-refractivity contribution >= 4 is 23.6 Å². The van der Waals surface area contributed by atoms with Crippen LogP contribution in [0, 0.1) is 11.8 Å². The Morgan fingerprint density at radius 3 is 2.67 bits per heavy atom. The number of aliphatic hydroxyl groups is 1. The minimum atomic E-state index is -1.06. The maximum absolute atomic E-state index is 12.5. The molecule has 0 aromatic heterocycles. The average molecular weight is 432 g/mol. The van der Waals surface area contributed by atoms with Crippen LogP contribution in [-0.4, -0.2) is 58.0 Å². The molecule has 162 valence electrons. The summed E-state index contributed by atoms with van der Waals surface area (Å²) in [5.41, 5.74) is 2.58. The molecule has 0 spiro atoms. The predicted octanol–water partition coefficient (Wildman–Crippen LogP) is 1.70. The normalized spacial score (nSPS) is 31.7. The number of fused-ring (bicyclic) bond motifs is 1. The van der Waals surface area contributed by atoms with Gasteiger partial charge in [0.15, 0.2) is 0 Å². The molecule has 4 rings (SSSR count). The van der Waals surface area contributed by atoms with Gasteiger partial charge in [-0.3, -0.25) is 4.79 Å². The van der Waals surface area contributed by atoms with E-state index in [1.807, 2.05) is 14.0 Å². The number of hydrogen-bond donors (Lipinski definition) is 4. The number of benzene rings is 1. The van der Waals surface area contributed by atoms with Crippen molar-refractivity contribution in [1.82, 2.24) is 15.5 Å². The first-order chi connectivity index (χ1) is 14.3. The quantitative estimate of drug-likeness (QED) is 0.488. The number of rotatable bonds is 7. The predicted molar refractivity (Wildman–Crippen MR) is 116 cm³/mol. The van der Waals surface area contributed by atoms with Crippen LogP contribution in [0.2, 0.25) is 0 Å². The topological polar surface area (TPSA) is 102 Å². The first kappa shape index (κ1) is 21.4. The molecule has 3 heterocycles. The Morgan fingerprint density at radius 1 is 1.37 bits per heavy atom. The van der Waals surface area contributed by atoms with E-state index in [9.17, 15) is 19.8 Å². The Balaban J connectivity index is 1.47. The van der Waals surface area contributed by atoms with Gasteiger partial charge in [0.1, 0.15) is 5.70 Å². The number of carboxylic acid groups (broad SMARTS) is 1. The van der Waals surface area contributed by atoms with Gasteiger partial charge in [-0.05, 0) is 31.5 Å². The fourth-order valence-electron chi connectivity index (χ4n) is 4.98. The molecule has 2 saturated heterocycles. The smallest absolute Gasteiger partial charge is 0.353 e. The van der Waals surface area contributed by atoms with Crippen LogP contribution < -0.4 is 10.6 Å². The largest absolute Gasteiger partial charge is 0.477 e. The van der Waals surface area contributed by atoms with E-state index < -0.39 is 18.0 Å². The molecule has 2 fully saturated rings. The Morgan fingerprint density at radius 2 is 2.07 bits per heavy atom. The van der Waals surface area contributed by atoms with Crippen molar-refractivity contribution in [2.75, 3.05) is 13.6 Å². The van der Waals surface area contributed by atoms with Crippen LogP contribution in [0.3, 0.4) is 0 Å². The zero-order valence-corrected chi connectivity index (χ0v) is 18.3. The van der Waals surface area contributed by atoms with Crippen molar-refractivity contribution in [3.8, 4) is 0 Å². The lowest BCUT2D eigenvalue weighted by molar-refractivity contribution is -0.163. The minimum Gasteiger partial charge on any atom is -0.477 e. The standard InChI is InChI=1S/C22H29N3O4S/c1-11-18-17(12(2)26)21(27)25(18)19(22(28)29)20(11)30-15-8-16(24-10-15)14-6-4-13(5-7-14)9-23-3/h4-7,11-12,15-18,23-24,26H,8-10H2,1-3H3,(H,28,29)/t11-,12-,15-,16+,17-,18-/m1/s1. The molecule has 0 unspecified atom stereocenters. The third kappa shape index (κ3) is 3.56. The molecule has 1 aromatic rings. The summed E-state index contributed by atoms with van der Waals surface area (Å²) in [4.78, 5) is 26.6. The van der Waals surface area contributed by atoms with Crippen molar-refractivity contribution in [3.63, 3.8) is 0 Å². The number of aliphatic hydroxyl groups excluding tert-OH is 1. The molecule has 3 aliphatic rings. The van der Waals surface area contributed by atoms with Crippen LogP contribution in [-0.2, 0) is 16.1 Å². The Kier molecular flexibility index (Phi) is 5.94. The van der Waals surface area contributed by atoms with Gasteiger partial charge >= 0.3 is 5.97 Å². The molecule has 1 aromatic carbocycles. The maximum Gasteiger partial charge on any atom is 0.353 e. The highest BCUT2D eigenvalue weighted by molar-refractivity contribution is 8.03. The van der Waals surface area contributed by atoms with E-state index in [2.05, 4.69) is 34.9 Å². The highest BCUT2D eigenvalue weighted by Crippen LogP contribution is 2.52. The van der Waals surface area contributed by atoms with E-state index in [0.717, 1.165) is 24.4 Å². The van der Waals surface area contributed by atoms with Gasteiger partial charge in [-0.1, -0.05) is 31.2 Å². The summed E-state index contributed by atoms with van der Waals surface area (Å²) >= 11 is 1.58. The van der Waals surface area contributed by atoms with Gasteiger partial charge < -0.3 is 25.7 Å². The van der Waals surface area contributed by atoms with E-state index in [4.69, 9.17) is 0 Å². The number of hydrogen-bond acceptors (Lipinski definition) is 6. The number of carboxylic acids is 1. The van der Waals surface area contributed by atoms with E-state index >= 15 is 0 Å². The van der Waals surface area contributed by atoms with Gasteiger partial charge in [0.2, 0.25) is 5.91 Å². The number of thioether (sulfide) groups is 1. The zero-order valence-electron chi connectivity index (χ0n) is 17.5. The Bertz CT molecular complexity index is 870. The highest BCUT2D eigenvalue weighted by atomic mass is 32.2. The summed E-state index contributed by atoms with van der Waals surface area (Å²) in [7, 11) is 1.93. The lowest BCUT2D eigenvalue weighted by Crippen LogP contribution is -2.63. The van der Waals surface area contributed by atoms with Crippen LogP contribution in [0.4, 0.5) is 0 Å². The molecule has 0 radical (unpaired) electrons. The third-order valence-electron chi connectivity index (χ3n) is 6.46. The van der Waals surface area contributed by atoms with Crippen molar-refractivity contribution in [2.45, 2.75) is 50.3 Å². The summed E-state index contributed by atoms with van der Waals surface area (Å²) in [6.45, 7) is 5.20. The van der Waals surface area contributed by atoms with E-state index in [-0.39, 0.29) is 34.9 Å². The number of amides is 1. The Hall–Kier alpha value is -1.87. The minimum absolute atomic E-state index is 0.0849. The zero-order chi connectivity index (χ0) is 21.6. The molecule has 0 saturated carbocycles. The van der Waals surface area contributed by atoms with E-state index in [1.165, 1.54) is 16.0 Å². The SMILES string of the molecule is CNCc1ccc([C@@H]2C[C@@H](SC3=C(C(=O)O)N4C(=O)[C@H]([C@@H](C)O)[C@H]4[C@H]3C)CN2)cc1. The highest BCUT2D eigenvalue weighted by Gasteiger charge is 2.60. The molecule has 0 aliphatic carbocycles. The summed E-state index contributed by atoms with van der Waals surface area (Å²) in [5, 5.41) is 26.7. The summed E-state index contributed by atoms with van der Waals surface area (Å²) in [5.74, 6) is -1.94. The molecule has 7 nitrogen and oxygen atoms in total. The van der Waals surface area contributed by atoms with Gasteiger partial charge in [0.05, 0.1) is 18.1 Å². The molecule has 6 atom stereocenters. The second-order valence-corrected chi connectivity index (χ2v) is 9.82. The monoisotopic (exact) mass is 431 g/mol. The summed E-state index contributed by atoms with van der Waals surface area (Å²) in [6.07, 6.45) is 0.126. The van der Waals surface area contributed by atoms with Crippen LogP contribution in [0.5, 0.6) is 0 Å². The fraction of sp³-hybridized carbons (Fsp3) is 0.545. The lowest BCUT2D eigenvalue weighted by Gasteiger charge is -2.46. The van der Waals surface area contributed by atoms with Crippen molar-refractivity contribution in [1.29, 1.82) is 0 Å². The lowest BCUT2D eigenvalue weighted by atomic mass is 9.79.